The summed E-state index contributed by atoms with van der Waals surface area (Å²) in [5.74, 6) is -0.106. The molecule has 1 aliphatic heterocycles. The third-order valence-corrected chi connectivity index (χ3v) is 5.83. The third-order valence-electron chi connectivity index (χ3n) is 4.92. The first-order valence-corrected chi connectivity index (χ1v) is 9.89. The molecule has 8 heteroatoms. The number of hydrogen-bond acceptors (Lipinski definition) is 5. The predicted octanol–water partition coefficient (Wildman–Crippen LogP) is 3.00. The number of carbonyl (C=O) groups is 3. The lowest BCUT2D eigenvalue weighted by Crippen LogP contribution is -2.39. The van der Waals surface area contributed by atoms with Gasteiger partial charge in [0, 0.05) is 25.0 Å². The van der Waals surface area contributed by atoms with Crippen LogP contribution in [0.3, 0.4) is 0 Å². The number of amides is 3. The van der Waals surface area contributed by atoms with Crippen LogP contribution in [-0.4, -0.2) is 40.2 Å². The van der Waals surface area contributed by atoms with Gasteiger partial charge in [-0.2, -0.15) is 0 Å². The third kappa shape index (κ3) is 4.54. The van der Waals surface area contributed by atoms with E-state index < -0.39 is 17.1 Å². The van der Waals surface area contributed by atoms with Crippen molar-refractivity contribution in [3.8, 4) is 5.75 Å². The number of thioether (sulfide) groups is 1. The lowest BCUT2D eigenvalue weighted by Gasteiger charge is -2.12. The van der Waals surface area contributed by atoms with Gasteiger partial charge in [0.25, 0.3) is 11.1 Å². The average Bonchev–Trinajstić information content (AvgIpc) is 3.11. The first-order chi connectivity index (χ1) is 13.8. The van der Waals surface area contributed by atoms with Gasteiger partial charge in [0.05, 0.1) is 12.0 Å². The molecule has 3 rings (SSSR count). The maximum absolute atomic E-state index is 12.6. The molecule has 1 fully saturated rings. The molecule has 1 N–H and O–H groups in total. The second kappa shape index (κ2) is 8.57. The van der Waals surface area contributed by atoms with Gasteiger partial charge in [0.2, 0.25) is 5.91 Å². The van der Waals surface area contributed by atoms with Crippen molar-refractivity contribution < 1.29 is 19.1 Å². The Balaban J connectivity index is 1.62. The van der Waals surface area contributed by atoms with Gasteiger partial charge < -0.3 is 14.6 Å². The van der Waals surface area contributed by atoms with Crippen LogP contribution in [0.2, 0.25) is 0 Å². The molecule has 0 bridgehead atoms. The summed E-state index contributed by atoms with van der Waals surface area (Å²) in [5, 5.41) is 2.29. The second-order valence-corrected chi connectivity index (χ2v) is 7.77. The Morgan fingerprint density at radius 1 is 1.21 bits per heavy atom. The smallest absolute Gasteiger partial charge is 0.294 e. The number of aromatic nitrogens is 1. The molecule has 2 heterocycles. The summed E-state index contributed by atoms with van der Waals surface area (Å²) in [6.45, 7) is 3.93. The molecule has 3 amide bonds. The molecule has 1 aromatic carbocycles. The average molecular weight is 413 g/mol. The fourth-order valence-electron chi connectivity index (χ4n) is 2.95. The standard InChI is InChI=1S/C21H23N3O4S/c1-13-9-16(14(2)23(13)3)10-18-20(26)24(21(27)29-18)12-19(25)22-11-15-5-7-17(28-4)8-6-15/h5-10H,11-12H2,1-4H3,(H,22,25)/b18-10-. The predicted molar refractivity (Wildman–Crippen MR) is 112 cm³/mol. The Bertz CT molecular complexity index is 992. The summed E-state index contributed by atoms with van der Waals surface area (Å²) in [4.78, 5) is 38.4. The van der Waals surface area contributed by atoms with E-state index in [4.69, 9.17) is 4.74 Å². The van der Waals surface area contributed by atoms with E-state index in [9.17, 15) is 14.4 Å². The zero-order valence-corrected chi connectivity index (χ0v) is 17.6. The van der Waals surface area contributed by atoms with E-state index in [2.05, 4.69) is 5.32 Å². The lowest BCUT2D eigenvalue weighted by atomic mass is 10.2. The van der Waals surface area contributed by atoms with E-state index in [1.807, 2.05) is 43.7 Å². The summed E-state index contributed by atoms with van der Waals surface area (Å²) in [6.07, 6.45) is 1.71. The van der Waals surface area contributed by atoms with Crippen LogP contribution in [0.4, 0.5) is 4.79 Å². The minimum absolute atomic E-state index is 0.301. The topological polar surface area (TPSA) is 80.6 Å². The summed E-state index contributed by atoms with van der Waals surface area (Å²) in [6, 6.07) is 9.25. The minimum atomic E-state index is -0.444. The van der Waals surface area contributed by atoms with Crippen LogP contribution in [0, 0.1) is 13.8 Å². The largest absolute Gasteiger partial charge is 0.497 e. The number of benzene rings is 1. The summed E-state index contributed by atoms with van der Waals surface area (Å²) in [7, 11) is 3.53. The molecule has 0 atom stereocenters. The van der Waals surface area contributed by atoms with E-state index in [1.54, 1.807) is 25.3 Å². The van der Waals surface area contributed by atoms with Crippen LogP contribution >= 0.6 is 11.8 Å². The molecule has 0 aliphatic carbocycles. The Morgan fingerprint density at radius 3 is 2.48 bits per heavy atom. The number of methoxy groups -OCH3 is 1. The van der Waals surface area contributed by atoms with Crippen molar-refractivity contribution in [1.29, 1.82) is 0 Å². The Morgan fingerprint density at radius 2 is 1.90 bits per heavy atom. The molecule has 1 aromatic heterocycles. The van der Waals surface area contributed by atoms with Crippen molar-refractivity contribution in [3.05, 3.63) is 57.8 Å². The van der Waals surface area contributed by atoms with Crippen molar-refractivity contribution in [2.24, 2.45) is 7.05 Å². The number of nitrogens with zero attached hydrogens (tertiary/aromatic N) is 2. The normalized spacial score (nSPS) is 15.3. The van der Waals surface area contributed by atoms with E-state index >= 15 is 0 Å². The highest BCUT2D eigenvalue weighted by Crippen LogP contribution is 2.32. The quantitative estimate of drug-likeness (QED) is 0.737. The zero-order valence-electron chi connectivity index (χ0n) is 16.8. The van der Waals surface area contributed by atoms with Crippen LogP contribution < -0.4 is 10.1 Å². The van der Waals surface area contributed by atoms with Crippen molar-refractivity contribution >= 4 is 34.9 Å². The molecular weight excluding hydrogens is 390 g/mol. The van der Waals surface area contributed by atoms with Gasteiger partial charge in [-0.1, -0.05) is 12.1 Å². The molecule has 7 nitrogen and oxygen atoms in total. The van der Waals surface area contributed by atoms with Gasteiger partial charge in [-0.05, 0) is 61.0 Å². The van der Waals surface area contributed by atoms with Gasteiger partial charge in [0.15, 0.2) is 0 Å². The SMILES string of the molecule is COc1ccc(CNC(=O)CN2C(=O)S/C(=C\c3cc(C)n(C)c3C)C2=O)cc1. The lowest BCUT2D eigenvalue weighted by molar-refractivity contribution is -0.129. The maximum atomic E-state index is 12.6. The van der Waals surface area contributed by atoms with Crippen molar-refractivity contribution in [3.63, 3.8) is 0 Å². The van der Waals surface area contributed by atoms with Crippen LogP contribution in [0.15, 0.2) is 35.2 Å². The molecular formula is C21H23N3O4S. The molecule has 29 heavy (non-hydrogen) atoms. The second-order valence-electron chi connectivity index (χ2n) is 6.78. The van der Waals surface area contributed by atoms with Crippen LogP contribution in [-0.2, 0) is 23.2 Å². The van der Waals surface area contributed by atoms with Gasteiger partial charge >= 0.3 is 0 Å². The van der Waals surface area contributed by atoms with Crippen LogP contribution in [0.1, 0.15) is 22.5 Å². The van der Waals surface area contributed by atoms with E-state index in [1.165, 1.54) is 0 Å². The number of carbonyl (C=O) groups excluding carboxylic acids is 3. The Labute approximate surface area is 173 Å². The first kappa shape index (κ1) is 20.7. The summed E-state index contributed by atoms with van der Waals surface area (Å²) in [5.41, 5.74) is 3.85. The summed E-state index contributed by atoms with van der Waals surface area (Å²) < 4.78 is 7.11. The molecule has 1 aliphatic rings. The summed E-state index contributed by atoms with van der Waals surface area (Å²) >= 11 is 0.856. The fraction of sp³-hybridized carbons (Fsp3) is 0.286. The van der Waals surface area contributed by atoms with E-state index in [0.29, 0.717) is 11.4 Å². The van der Waals surface area contributed by atoms with Gasteiger partial charge in [-0.15, -0.1) is 0 Å². The highest BCUT2D eigenvalue weighted by atomic mass is 32.2. The molecule has 152 valence electrons. The van der Waals surface area contributed by atoms with Crippen molar-refractivity contribution in [2.75, 3.05) is 13.7 Å². The highest BCUT2D eigenvalue weighted by molar-refractivity contribution is 8.18. The zero-order chi connectivity index (χ0) is 21.1. The van der Waals surface area contributed by atoms with Crippen molar-refractivity contribution in [2.45, 2.75) is 20.4 Å². The van der Waals surface area contributed by atoms with Gasteiger partial charge in [-0.3, -0.25) is 19.3 Å². The van der Waals surface area contributed by atoms with Gasteiger partial charge in [0.1, 0.15) is 12.3 Å². The number of ether oxygens (including phenoxy) is 1. The Hall–Kier alpha value is -3.00. The van der Waals surface area contributed by atoms with E-state index in [-0.39, 0.29) is 6.54 Å². The molecule has 2 aromatic rings. The van der Waals surface area contributed by atoms with Crippen molar-refractivity contribution in [1.82, 2.24) is 14.8 Å². The van der Waals surface area contributed by atoms with Gasteiger partial charge in [-0.25, -0.2) is 0 Å². The van der Waals surface area contributed by atoms with Crippen LogP contribution in [0.25, 0.3) is 6.08 Å². The molecule has 0 spiro atoms. The Kier molecular flexibility index (Phi) is 6.12. The first-order valence-electron chi connectivity index (χ1n) is 9.08. The number of nitrogens with one attached hydrogen (secondary N) is 1. The maximum Gasteiger partial charge on any atom is 0.294 e. The number of imide groups is 1. The monoisotopic (exact) mass is 413 g/mol. The number of rotatable bonds is 6. The highest BCUT2D eigenvalue weighted by Gasteiger charge is 2.36. The van der Waals surface area contributed by atoms with E-state index in [0.717, 1.165) is 44.9 Å². The number of aryl methyl sites for hydroxylation is 1. The number of hydrogen-bond donors (Lipinski definition) is 1. The fourth-order valence-corrected chi connectivity index (χ4v) is 3.78. The van der Waals surface area contributed by atoms with Crippen LogP contribution in [0.5, 0.6) is 5.75 Å². The molecule has 0 radical (unpaired) electrons. The molecule has 1 saturated heterocycles. The molecule has 0 saturated carbocycles. The minimum Gasteiger partial charge on any atom is -0.497 e. The molecule has 0 unspecified atom stereocenters.